The molecule has 0 atom stereocenters. The number of amides is 4. The van der Waals surface area contributed by atoms with Gasteiger partial charge in [0.25, 0.3) is 11.8 Å². The van der Waals surface area contributed by atoms with E-state index in [1.165, 1.54) is 0 Å². The number of benzene rings is 2. The second-order valence-electron chi connectivity index (χ2n) is 8.42. The summed E-state index contributed by atoms with van der Waals surface area (Å²) in [5.74, 6) is -0.453. The van der Waals surface area contributed by atoms with Crippen molar-refractivity contribution in [3.8, 4) is 0 Å². The van der Waals surface area contributed by atoms with E-state index in [4.69, 9.17) is 0 Å². The van der Waals surface area contributed by atoms with E-state index in [0.717, 1.165) is 0 Å². The van der Waals surface area contributed by atoms with Gasteiger partial charge in [0.15, 0.2) is 0 Å². The van der Waals surface area contributed by atoms with Gasteiger partial charge in [-0.15, -0.1) is 0 Å². The molecule has 36 heavy (non-hydrogen) atoms. The van der Waals surface area contributed by atoms with Crippen molar-refractivity contribution < 1.29 is 19.2 Å². The molecule has 0 aliphatic rings. The normalized spacial score (nSPS) is 10.4. The summed E-state index contributed by atoms with van der Waals surface area (Å²) in [6.45, 7) is 10.2. The highest BCUT2D eigenvalue weighted by atomic mass is 16.2. The van der Waals surface area contributed by atoms with Gasteiger partial charge in [-0.3, -0.25) is 19.2 Å². The topological polar surface area (TPSA) is 98.8 Å². The van der Waals surface area contributed by atoms with Gasteiger partial charge < -0.3 is 20.4 Å². The van der Waals surface area contributed by atoms with Crippen LogP contribution < -0.4 is 10.6 Å². The van der Waals surface area contributed by atoms with Crippen LogP contribution in [0, 0.1) is 0 Å². The van der Waals surface area contributed by atoms with Crippen LogP contribution >= 0.6 is 0 Å². The molecule has 194 valence electrons. The van der Waals surface area contributed by atoms with Crippen LogP contribution in [0.4, 0.5) is 11.4 Å². The molecule has 0 spiro atoms. The Kier molecular flexibility index (Phi) is 11.6. The van der Waals surface area contributed by atoms with Crippen molar-refractivity contribution in [3.63, 3.8) is 0 Å². The lowest BCUT2D eigenvalue weighted by Gasteiger charge is -2.19. The maximum atomic E-state index is 12.5. The first kappa shape index (κ1) is 28.6. The van der Waals surface area contributed by atoms with Crippen molar-refractivity contribution in [1.82, 2.24) is 9.80 Å². The van der Waals surface area contributed by atoms with Gasteiger partial charge in [0, 0.05) is 61.5 Å². The Morgan fingerprint density at radius 3 is 1.31 bits per heavy atom. The zero-order valence-electron chi connectivity index (χ0n) is 21.8. The number of hydrogen-bond acceptors (Lipinski definition) is 4. The van der Waals surface area contributed by atoms with Crippen molar-refractivity contribution in [2.45, 2.75) is 53.4 Å². The number of anilines is 2. The summed E-state index contributed by atoms with van der Waals surface area (Å²) < 4.78 is 0. The predicted octanol–water partition coefficient (Wildman–Crippen LogP) is 4.79. The molecule has 2 N–H and O–H groups in total. The molecule has 0 radical (unpaired) electrons. The second-order valence-corrected chi connectivity index (χ2v) is 8.42. The fourth-order valence-corrected chi connectivity index (χ4v) is 3.86. The number of nitrogens with one attached hydrogen (secondary N) is 2. The first-order valence-electron chi connectivity index (χ1n) is 12.7. The maximum Gasteiger partial charge on any atom is 0.253 e. The first-order chi connectivity index (χ1) is 17.3. The Hall–Kier alpha value is -3.68. The zero-order chi connectivity index (χ0) is 26.5. The molecule has 0 bridgehead atoms. The molecule has 0 heterocycles. The van der Waals surface area contributed by atoms with Gasteiger partial charge in [-0.05, 0) is 76.9 Å². The molecule has 2 aromatic rings. The lowest BCUT2D eigenvalue weighted by Crippen LogP contribution is -2.30. The summed E-state index contributed by atoms with van der Waals surface area (Å²) in [6.07, 6.45) is 1.65. The minimum atomic E-state index is -0.162. The van der Waals surface area contributed by atoms with Crippen molar-refractivity contribution in [1.29, 1.82) is 0 Å². The van der Waals surface area contributed by atoms with Crippen LogP contribution in [0.2, 0.25) is 0 Å². The van der Waals surface area contributed by atoms with Crippen molar-refractivity contribution in [2.24, 2.45) is 0 Å². The van der Waals surface area contributed by atoms with Gasteiger partial charge in [0.1, 0.15) is 0 Å². The van der Waals surface area contributed by atoms with Crippen LogP contribution in [0.1, 0.15) is 74.1 Å². The van der Waals surface area contributed by atoms with Crippen molar-refractivity contribution in [3.05, 3.63) is 59.7 Å². The highest BCUT2D eigenvalue weighted by Crippen LogP contribution is 2.16. The van der Waals surface area contributed by atoms with E-state index < -0.39 is 0 Å². The van der Waals surface area contributed by atoms with Crippen LogP contribution in [-0.2, 0) is 9.59 Å². The second kappa shape index (κ2) is 14.7. The van der Waals surface area contributed by atoms with E-state index in [2.05, 4.69) is 10.6 Å². The van der Waals surface area contributed by atoms with Crippen LogP contribution in [0.3, 0.4) is 0 Å². The van der Waals surface area contributed by atoms with E-state index in [0.29, 0.717) is 61.5 Å². The number of hydrogen-bond donors (Lipinski definition) is 2. The van der Waals surface area contributed by atoms with Crippen LogP contribution in [0.15, 0.2) is 48.5 Å². The Bertz CT molecular complexity index is 962. The Labute approximate surface area is 214 Å². The fraction of sp³-hybridized carbons (Fsp3) is 0.429. The van der Waals surface area contributed by atoms with Gasteiger partial charge in [0.05, 0.1) is 0 Å². The first-order valence-corrected chi connectivity index (χ1v) is 12.7. The molecule has 0 saturated heterocycles. The number of unbranched alkanes of at least 4 members (excludes halogenated alkanes) is 1. The minimum absolute atomic E-state index is 0.0648. The fourth-order valence-electron chi connectivity index (χ4n) is 3.86. The van der Waals surface area contributed by atoms with Crippen LogP contribution in [0.25, 0.3) is 0 Å². The summed E-state index contributed by atoms with van der Waals surface area (Å²) in [6, 6.07) is 13.9. The molecule has 0 aliphatic carbocycles. The standard InChI is InChI=1S/C28H38N4O4/c1-5-31(6-2)27(35)21-13-11-15-23(19-21)29-25(33)17-9-10-18-26(34)30-24-16-12-14-22(20-24)28(36)32(7-3)8-4/h11-16,19-20H,5-10,17-18H2,1-4H3,(H,29,33)(H,30,34). The maximum absolute atomic E-state index is 12.5. The summed E-state index contributed by atoms with van der Waals surface area (Å²) in [5, 5.41) is 5.66. The van der Waals surface area contributed by atoms with Gasteiger partial charge >= 0.3 is 0 Å². The molecule has 0 unspecified atom stereocenters. The molecule has 8 nitrogen and oxygen atoms in total. The number of nitrogens with zero attached hydrogens (tertiary/aromatic N) is 2. The number of rotatable bonds is 13. The monoisotopic (exact) mass is 494 g/mol. The molecule has 8 heteroatoms. The Balaban J connectivity index is 1.79. The van der Waals surface area contributed by atoms with Gasteiger partial charge in [-0.25, -0.2) is 0 Å². The summed E-state index contributed by atoms with van der Waals surface area (Å²) >= 11 is 0. The molecular weight excluding hydrogens is 456 g/mol. The predicted molar refractivity (Wildman–Crippen MR) is 143 cm³/mol. The Morgan fingerprint density at radius 1 is 0.611 bits per heavy atom. The molecule has 4 amide bonds. The highest BCUT2D eigenvalue weighted by molar-refractivity contribution is 5.98. The van der Waals surface area contributed by atoms with Crippen LogP contribution in [0.5, 0.6) is 0 Å². The van der Waals surface area contributed by atoms with Gasteiger partial charge in [-0.1, -0.05) is 12.1 Å². The average Bonchev–Trinajstić information content (AvgIpc) is 2.88. The summed E-state index contributed by atoms with van der Waals surface area (Å²) in [4.78, 5) is 53.2. The lowest BCUT2D eigenvalue weighted by atomic mass is 10.1. The van der Waals surface area contributed by atoms with E-state index >= 15 is 0 Å². The minimum Gasteiger partial charge on any atom is -0.339 e. The Morgan fingerprint density at radius 2 is 0.972 bits per heavy atom. The van der Waals surface area contributed by atoms with Crippen LogP contribution in [-0.4, -0.2) is 59.6 Å². The molecule has 2 rings (SSSR count). The lowest BCUT2D eigenvalue weighted by molar-refractivity contribution is -0.118. The quantitative estimate of drug-likeness (QED) is 0.391. The molecule has 0 aromatic heterocycles. The average molecular weight is 495 g/mol. The zero-order valence-corrected chi connectivity index (χ0v) is 21.8. The van der Waals surface area contributed by atoms with Gasteiger partial charge in [0.2, 0.25) is 11.8 Å². The van der Waals surface area contributed by atoms with E-state index in [9.17, 15) is 19.2 Å². The smallest absolute Gasteiger partial charge is 0.253 e. The summed E-state index contributed by atoms with van der Waals surface area (Å²) in [7, 11) is 0. The third-order valence-corrected chi connectivity index (χ3v) is 5.95. The third-order valence-electron chi connectivity index (χ3n) is 5.95. The van der Waals surface area contributed by atoms with Crippen molar-refractivity contribution in [2.75, 3.05) is 36.8 Å². The largest absolute Gasteiger partial charge is 0.339 e. The third kappa shape index (κ3) is 8.52. The molecule has 0 aliphatic heterocycles. The van der Waals surface area contributed by atoms with E-state index in [1.54, 1.807) is 58.3 Å². The van der Waals surface area contributed by atoms with E-state index in [-0.39, 0.29) is 36.5 Å². The van der Waals surface area contributed by atoms with E-state index in [1.807, 2.05) is 27.7 Å². The molecular formula is C28H38N4O4. The number of carbonyl (C=O) groups is 4. The van der Waals surface area contributed by atoms with Gasteiger partial charge in [-0.2, -0.15) is 0 Å². The molecule has 0 saturated carbocycles. The highest BCUT2D eigenvalue weighted by Gasteiger charge is 2.14. The van der Waals surface area contributed by atoms with Crippen molar-refractivity contribution >= 4 is 35.0 Å². The number of carbonyl (C=O) groups excluding carboxylic acids is 4. The summed E-state index contributed by atoms with van der Waals surface area (Å²) in [5.41, 5.74) is 2.23. The molecule has 0 fully saturated rings. The SMILES string of the molecule is CCN(CC)C(=O)c1cccc(NC(=O)CCCCC(=O)Nc2cccc(C(=O)N(CC)CC)c2)c1. The molecule has 2 aromatic carbocycles.